The van der Waals surface area contributed by atoms with E-state index >= 15 is 0 Å². The largest absolute Gasteiger partial charge is 0.340 e. The van der Waals surface area contributed by atoms with Crippen LogP contribution >= 0.6 is 11.6 Å². The Labute approximate surface area is 192 Å². The van der Waals surface area contributed by atoms with Gasteiger partial charge in [-0.1, -0.05) is 50.6 Å². The molecule has 0 saturated heterocycles. The lowest BCUT2D eigenvalue weighted by molar-refractivity contribution is 0.0965. The topological polar surface area (TPSA) is 92.9 Å². The van der Waals surface area contributed by atoms with E-state index in [0.717, 1.165) is 21.8 Å². The Balaban J connectivity index is 0.000000913. The van der Waals surface area contributed by atoms with Crippen molar-refractivity contribution in [2.75, 3.05) is 11.9 Å². The number of aromatic nitrogens is 2. The van der Waals surface area contributed by atoms with Crippen molar-refractivity contribution in [3.05, 3.63) is 83.8 Å². The lowest BCUT2D eigenvalue weighted by atomic mass is 10.1. The van der Waals surface area contributed by atoms with Gasteiger partial charge in [0.1, 0.15) is 5.82 Å². The first-order valence-electron chi connectivity index (χ1n) is 10.4. The van der Waals surface area contributed by atoms with E-state index in [-0.39, 0.29) is 12.5 Å². The number of carbonyl (C=O) groups is 1. The summed E-state index contributed by atoms with van der Waals surface area (Å²) in [5.41, 5.74) is 7.91. The van der Waals surface area contributed by atoms with Crippen LogP contribution in [0, 0.1) is 0 Å². The second kappa shape index (κ2) is 10.7. The molecule has 0 fully saturated rings. The van der Waals surface area contributed by atoms with Crippen molar-refractivity contribution in [2.24, 2.45) is 5.73 Å². The molecule has 7 heteroatoms. The minimum atomic E-state index is -0.278. The van der Waals surface area contributed by atoms with Crippen molar-refractivity contribution in [3.8, 4) is 0 Å². The van der Waals surface area contributed by atoms with Crippen molar-refractivity contribution in [3.63, 3.8) is 0 Å². The Bertz CT molecular complexity index is 1270. The second-order valence-electron chi connectivity index (χ2n) is 7.22. The van der Waals surface area contributed by atoms with E-state index in [1.807, 2.05) is 36.4 Å². The molecule has 0 saturated carbocycles. The van der Waals surface area contributed by atoms with Gasteiger partial charge in [-0.3, -0.25) is 9.78 Å². The zero-order chi connectivity index (χ0) is 23.1. The molecule has 32 heavy (non-hydrogen) atoms. The van der Waals surface area contributed by atoms with E-state index in [1.54, 1.807) is 24.5 Å². The highest BCUT2D eigenvalue weighted by Crippen LogP contribution is 2.31. The fourth-order valence-electron chi connectivity index (χ4n) is 3.07. The van der Waals surface area contributed by atoms with Crippen molar-refractivity contribution < 1.29 is 4.79 Å². The first kappa shape index (κ1) is 23.2. The second-order valence-corrected chi connectivity index (χ2v) is 7.65. The average Bonchev–Trinajstić information content (AvgIpc) is 2.79. The van der Waals surface area contributed by atoms with E-state index in [2.05, 4.69) is 36.0 Å². The lowest BCUT2D eigenvalue weighted by Crippen LogP contribution is -2.26. The van der Waals surface area contributed by atoms with E-state index in [4.69, 9.17) is 22.3 Å². The number of pyridine rings is 2. The molecule has 1 amide bonds. The van der Waals surface area contributed by atoms with Crippen LogP contribution in [0.5, 0.6) is 0 Å². The van der Waals surface area contributed by atoms with E-state index < -0.39 is 0 Å². The minimum Gasteiger partial charge on any atom is -0.340 e. The smallest absolute Gasteiger partial charge is 0.255 e. The van der Waals surface area contributed by atoms with E-state index in [1.165, 1.54) is 6.42 Å². The van der Waals surface area contributed by atoms with Crippen LogP contribution in [0.2, 0.25) is 5.02 Å². The van der Waals surface area contributed by atoms with Gasteiger partial charge in [-0.25, -0.2) is 4.98 Å². The van der Waals surface area contributed by atoms with Crippen LogP contribution in [-0.4, -0.2) is 22.4 Å². The van der Waals surface area contributed by atoms with Crippen LogP contribution in [0.25, 0.3) is 21.7 Å². The van der Waals surface area contributed by atoms with Gasteiger partial charge in [0, 0.05) is 57.1 Å². The third kappa shape index (κ3) is 5.41. The SMILES string of the molecule is C=C(CN)NC(=O)c1ccc2c(c1)nc(Nc1cccc(Cl)c1)c1ccncc12.CCC. The standard InChI is InChI=1S/C22H18ClN5O.C3H8/c1-13(11-24)26-22(29)14-5-6-17-19-12-25-8-7-18(19)21(28-20(17)9-14)27-16-4-2-3-15(23)10-16;1-3-2/h2-10,12H,1,11,24H2,(H,26,29)(H,27,28);3H2,1-2H3. The molecular formula is C25H26ClN5O. The quantitative estimate of drug-likeness (QED) is 0.336. The molecule has 0 spiro atoms. The molecular weight excluding hydrogens is 422 g/mol. The van der Waals surface area contributed by atoms with Crippen molar-refractivity contribution >= 4 is 50.7 Å². The normalized spacial score (nSPS) is 10.4. The number of nitrogens with zero attached hydrogens (tertiary/aromatic N) is 2. The van der Waals surface area contributed by atoms with Crippen molar-refractivity contribution in [1.29, 1.82) is 0 Å². The summed E-state index contributed by atoms with van der Waals surface area (Å²) in [5.74, 6) is 0.376. The molecule has 6 nitrogen and oxygen atoms in total. The van der Waals surface area contributed by atoms with Gasteiger partial charge >= 0.3 is 0 Å². The molecule has 2 aromatic carbocycles. The van der Waals surface area contributed by atoms with E-state index in [9.17, 15) is 4.79 Å². The number of hydrogen-bond donors (Lipinski definition) is 3. The molecule has 164 valence electrons. The molecule has 0 aliphatic rings. The third-order valence-electron chi connectivity index (χ3n) is 4.48. The highest BCUT2D eigenvalue weighted by Gasteiger charge is 2.12. The Morgan fingerprint density at radius 2 is 1.88 bits per heavy atom. The van der Waals surface area contributed by atoms with Crippen molar-refractivity contribution in [2.45, 2.75) is 20.3 Å². The molecule has 2 aromatic heterocycles. The maximum atomic E-state index is 12.4. The summed E-state index contributed by atoms with van der Waals surface area (Å²) in [6.45, 7) is 8.14. The monoisotopic (exact) mass is 447 g/mol. The number of rotatable bonds is 5. The van der Waals surface area contributed by atoms with Gasteiger partial charge in [0.25, 0.3) is 5.91 Å². The fraction of sp³-hybridized carbons (Fsp3) is 0.160. The molecule has 2 heterocycles. The Morgan fingerprint density at radius 1 is 1.09 bits per heavy atom. The van der Waals surface area contributed by atoms with Crippen molar-refractivity contribution in [1.82, 2.24) is 15.3 Å². The number of halogens is 1. The average molecular weight is 448 g/mol. The van der Waals surface area contributed by atoms with E-state index in [0.29, 0.717) is 27.6 Å². The van der Waals surface area contributed by atoms with Gasteiger partial charge in [0.05, 0.1) is 5.52 Å². The molecule has 0 unspecified atom stereocenters. The number of carbonyl (C=O) groups excluding carboxylic acids is 1. The molecule has 0 atom stereocenters. The molecule has 0 aliphatic carbocycles. The van der Waals surface area contributed by atoms with Gasteiger partial charge in [-0.05, 0) is 36.4 Å². The van der Waals surface area contributed by atoms with Gasteiger partial charge in [0.15, 0.2) is 0 Å². The first-order chi connectivity index (χ1) is 15.5. The number of fused-ring (bicyclic) bond motifs is 3. The number of nitrogens with one attached hydrogen (secondary N) is 2. The summed E-state index contributed by atoms with van der Waals surface area (Å²) in [6, 6.07) is 14.7. The maximum Gasteiger partial charge on any atom is 0.255 e. The molecule has 4 aromatic rings. The van der Waals surface area contributed by atoms with Gasteiger partial charge in [-0.15, -0.1) is 0 Å². The number of hydrogen-bond acceptors (Lipinski definition) is 5. The summed E-state index contributed by atoms with van der Waals surface area (Å²) in [5, 5.41) is 9.37. The Hall–Kier alpha value is -3.48. The zero-order valence-corrected chi connectivity index (χ0v) is 18.9. The van der Waals surface area contributed by atoms with Crippen LogP contribution in [0.4, 0.5) is 11.5 Å². The highest BCUT2D eigenvalue weighted by molar-refractivity contribution is 6.30. The lowest BCUT2D eigenvalue weighted by Gasteiger charge is -2.13. The van der Waals surface area contributed by atoms with Crippen LogP contribution in [0.15, 0.2) is 73.2 Å². The van der Waals surface area contributed by atoms with Crippen LogP contribution in [-0.2, 0) is 0 Å². The molecule has 4 N–H and O–H groups in total. The summed E-state index contributed by atoms with van der Waals surface area (Å²) < 4.78 is 0. The summed E-state index contributed by atoms with van der Waals surface area (Å²) in [7, 11) is 0. The number of benzene rings is 2. The van der Waals surface area contributed by atoms with Crippen LogP contribution in [0.3, 0.4) is 0 Å². The van der Waals surface area contributed by atoms with Crippen LogP contribution in [0.1, 0.15) is 30.6 Å². The number of anilines is 2. The maximum absolute atomic E-state index is 12.4. The van der Waals surface area contributed by atoms with Crippen LogP contribution < -0.4 is 16.4 Å². The summed E-state index contributed by atoms with van der Waals surface area (Å²) in [4.78, 5) is 21.5. The molecule has 4 rings (SSSR count). The first-order valence-corrected chi connectivity index (χ1v) is 10.7. The van der Waals surface area contributed by atoms with Gasteiger partial charge in [0.2, 0.25) is 0 Å². The molecule has 0 aliphatic heterocycles. The summed E-state index contributed by atoms with van der Waals surface area (Å²) >= 11 is 6.10. The predicted octanol–water partition coefficient (Wildman–Crippen LogP) is 5.80. The number of nitrogens with two attached hydrogens (primary N) is 1. The van der Waals surface area contributed by atoms with Gasteiger partial charge < -0.3 is 16.4 Å². The zero-order valence-electron chi connectivity index (χ0n) is 18.2. The Morgan fingerprint density at radius 3 is 2.59 bits per heavy atom. The minimum absolute atomic E-state index is 0.182. The number of amides is 1. The Kier molecular flexibility index (Phi) is 7.76. The predicted molar refractivity (Wildman–Crippen MR) is 133 cm³/mol. The molecule has 0 bridgehead atoms. The third-order valence-corrected chi connectivity index (χ3v) is 4.72. The fourth-order valence-corrected chi connectivity index (χ4v) is 3.26. The van der Waals surface area contributed by atoms with Gasteiger partial charge in [-0.2, -0.15) is 0 Å². The summed E-state index contributed by atoms with van der Waals surface area (Å²) in [6.07, 6.45) is 4.76. The highest BCUT2D eigenvalue weighted by atomic mass is 35.5. The molecule has 0 radical (unpaired) electrons.